The van der Waals surface area contributed by atoms with Crippen LogP contribution in [-0.4, -0.2) is 36.4 Å². The Hall–Kier alpha value is -5.54. The van der Waals surface area contributed by atoms with Crippen molar-refractivity contribution in [2.45, 2.75) is 19.3 Å². The number of aromatic nitrogens is 4. The highest BCUT2D eigenvalue weighted by molar-refractivity contribution is 5.97. The van der Waals surface area contributed by atoms with Gasteiger partial charge in [-0.05, 0) is 23.3 Å². The number of H-pyrrole nitrogens is 2. The first-order valence-corrected chi connectivity index (χ1v) is 12.6. The summed E-state index contributed by atoms with van der Waals surface area (Å²) in [7, 11) is 0. The van der Waals surface area contributed by atoms with Gasteiger partial charge in [0.2, 0.25) is 0 Å². The largest absolute Gasteiger partial charge is 0.490 e. The van der Waals surface area contributed by atoms with Gasteiger partial charge < -0.3 is 20.4 Å². The summed E-state index contributed by atoms with van der Waals surface area (Å²) in [5.74, 6) is -2.76. The van der Waals surface area contributed by atoms with Crippen LogP contribution in [0.2, 0.25) is 0 Å². The topological polar surface area (TPSA) is 146 Å². The number of hydrogen-bond donors (Lipinski definition) is 4. The maximum atomic E-state index is 13.2. The van der Waals surface area contributed by atoms with E-state index in [0.29, 0.717) is 24.5 Å². The van der Waals surface area contributed by atoms with Crippen molar-refractivity contribution in [1.29, 1.82) is 5.26 Å². The van der Waals surface area contributed by atoms with Gasteiger partial charge in [-0.15, -0.1) is 0 Å². The number of halogens is 3. The summed E-state index contributed by atoms with van der Waals surface area (Å²) in [6, 6.07) is 26.2. The molecule has 5 N–H and O–H groups in total. The molecular formula is C30H23F3N6O3. The molecule has 3 aromatic carbocycles. The monoisotopic (exact) mass is 572 g/mol. The fraction of sp³-hybridized carbons (Fsp3) is 0.100. The zero-order valence-electron chi connectivity index (χ0n) is 21.8. The van der Waals surface area contributed by atoms with Crippen LogP contribution in [0, 0.1) is 11.3 Å². The maximum absolute atomic E-state index is 13.2. The minimum Gasteiger partial charge on any atom is -0.475 e. The number of nitrogens with two attached hydrogens (primary N) is 1. The molecule has 3 aromatic heterocycles. The van der Waals surface area contributed by atoms with E-state index in [0.717, 1.165) is 38.5 Å². The summed E-state index contributed by atoms with van der Waals surface area (Å²) >= 11 is 0. The number of carboxylic acid groups (broad SMARTS) is 1. The van der Waals surface area contributed by atoms with Crippen LogP contribution in [0.1, 0.15) is 16.8 Å². The van der Waals surface area contributed by atoms with E-state index in [-0.39, 0.29) is 11.4 Å². The Labute approximate surface area is 235 Å². The van der Waals surface area contributed by atoms with Crippen molar-refractivity contribution >= 4 is 27.8 Å². The molecule has 0 aliphatic carbocycles. The number of carboxylic acids is 1. The van der Waals surface area contributed by atoms with Gasteiger partial charge in [0.25, 0.3) is 0 Å². The second-order valence-corrected chi connectivity index (χ2v) is 9.34. The number of imidazole rings is 1. The van der Waals surface area contributed by atoms with Crippen molar-refractivity contribution in [2.24, 2.45) is 5.73 Å². The zero-order chi connectivity index (χ0) is 30.0. The van der Waals surface area contributed by atoms with Crippen LogP contribution in [0.25, 0.3) is 38.8 Å². The van der Waals surface area contributed by atoms with Crippen molar-refractivity contribution in [1.82, 2.24) is 19.1 Å². The van der Waals surface area contributed by atoms with Crippen molar-refractivity contribution in [3.63, 3.8) is 0 Å². The Morgan fingerprint density at radius 3 is 2.36 bits per heavy atom. The minimum atomic E-state index is -5.08. The number of nitrogens with zero attached hydrogens (tertiary/aromatic N) is 3. The number of fused-ring (bicyclic) bond motifs is 2. The van der Waals surface area contributed by atoms with E-state index in [4.69, 9.17) is 15.6 Å². The second kappa shape index (κ2) is 11.1. The molecule has 0 amide bonds. The van der Waals surface area contributed by atoms with E-state index in [9.17, 15) is 23.2 Å². The number of nitriles is 1. The molecule has 9 nitrogen and oxygen atoms in total. The highest BCUT2D eigenvalue weighted by Gasteiger charge is 2.38. The lowest BCUT2D eigenvalue weighted by atomic mass is 10.1. The zero-order valence-corrected chi connectivity index (χ0v) is 21.8. The molecule has 0 aliphatic heterocycles. The molecular weight excluding hydrogens is 549 g/mol. The van der Waals surface area contributed by atoms with E-state index in [1.165, 1.54) is 0 Å². The predicted octanol–water partition coefficient (Wildman–Crippen LogP) is 5.28. The highest BCUT2D eigenvalue weighted by Crippen LogP contribution is 2.35. The van der Waals surface area contributed by atoms with Crippen LogP contribution in [0.4, 0.5) is 13.2 Å². The van der Waals surface area contributed by atoms with Crippen molar-refractivity contribution < 1.29 is 23.1 Å². The van der Waals surface area contributed by atoms with Gasteiger partial charge in [-0.1, -0.05) is 60.7 Å². The molecule has 6 rings (SSSR count). The average Bonchev–Trinajstić information content (AvgIpc) is 3.66. The standard InChI is InChI=1S/C28H22N6O.C2HF3O2/c29-13-18-6-5-7-19(12-18)16-33-17-22(20-8-2-4-11-25(20)33)27-24(14-30)32-28(35)34(27)26-15-31-23-10-3-1-9-21(23)26;3-2(4,5)1(6)7/h1-12,15,17,31H,13,16,29H2,(H,32,35);(H,6,7). The third-order valence-electron chi connectivity index (χ3n) is 6.68. The van der Waals surface area contributed by atoms with Crippen LogP contribution in [0.3, 0.4) is 0 Å². The van der Waals surface area contributed by atoms with E-state index in [1.54, 1.807) is 4.57 Å². The van der Waals surface area contributed by atoms with Gasteiger partial charge in [0.1, 0.15) is 11.8 Å². The normalized spacial score (nSPS) is 11.3. The first-order chi connectivity index (χ1) is 20.1. The number of nitrogens with one attached hydrogen (secondary N) is 2. The Kier molecular flexibility index (Phi) is 7.43. The summed E-state index contributed by atoms with van der Waals surface area (Å²) in [6.45, 7) is 1.12. The van der Waals surface area contributed by atoms with E-state index < -0.39 is 12.1 Å². The van der Waals surface area contributed by atoms with Gasteiger partial charge in [0, 0.05) is 52.9 Å². The molecule has 0 saturated carbocycles. The molecule has 6 aromatic rings. The van der Waals surface area contributed by atoms with Gasteiger partial charge in [0.05, 0.1) is 11.4 Å². The van der Waals surface area contributed by atoms with Crippen molar-refractivity contribution in [3.8, 4) is 23.0 Å². The molecule has 0 unspecified atom stereocenters. The van der Waals surface area contributed by atoms with E-state index in [2.05, 4.69) is 38.8 Å². The quantitative estimate of drug-likeness (QED) is 0.222. The van der Waals surface area contributed by atoms with E-state index in [1.807, 2.05) is 67.0 Å². The molecule has 12 heteroatoms. The first-order valence-electron chi connectivity index (χ1n) is 12.6. The molecule has 0 saturated heterocycles. The number of aliphatic carboxylic acids is 1. The highest BCUT2D eigenvalue weighted by atomic mass is 19.4. The van der Waals surface area contributed by atoms with Gasteiger partial charge in [-0.2, -0.15) is 18.4 Å². The number of benzene rings is 3. The second-order valence-electron chi connectivity index (χ2n) is 9.34. The third kappa shape index (κ3) is 5.28. The summed E-state index contributed by atoms with van der Waals surface area (Å²) in [6.07, 6.45) is -1.25. The number of rotatable bonds is 5. The fourth-order valence-corrected chi connectivity index (χ4v) is 4.86. The lowest BCUT2D eigenvalue weighted by Crippen LogP contribution is -2.21. The number of carbonyl (C=O) groups is 1. The summed E-state index contributed by atoms with van der Waals surface area (Å²) in [5.41, 5.74) is 11.9. The molecule has 0 spiro atoms. The Morgan fingerprint density at radius 2 is 1.67 bits per heavy atom. The summed E-state index contributed by atoms with van der Waals surface area (Å²) in [5, 5.41) is 18.9. The fourth-order valence-electron chi connectivity index (χ4n) is 4.86. The molecule has 0 radical (unpaired) electrons. The number of alkyl halides is 3. The molecule has 3 heterocycles. The lowest BCUT2D eigenvalue weighted by Gasteiger charge is -2.07. The van der Waals surface area contributed by atoms with Crippen LogP contribution in [0.5, 0.6) is 0 Å². The van der Waals surface area contributed by atoms with Crippen molar-refractivity contribution in [2.75, 3.05) is 0 Å². The third-order valence-corrected chi connectivity index (χ3v) is 6.68. The average molecular weight is 573 g/mol. The Balaban J connectivity index is 0.000000451. The van der Waals surface area contributed by atoms with Gasteiger partial charge in [0.15, 0.2) is 0 Å². The molecule has 0 fully saturated rings. The number of aromatic amines is 2. The van der Waals surface area contributed by atoms with E-state index >= 15 is 0 Å². The molecule has 0 atom stereocenters. The van der Waals surface area contributed by atoms with Crippen LogP contribution >= 0.6 is 0 Å². The molecule has 212 valence electrons. The van der Waals surface area contributed by atoms with Gasteiger partial charge >= 0.3 is 17.8 Å². The lowest BCUT2D eigenvalue weighted by molar-refractivity contribution is -0.192. The first kappa shape index (κ1) is 28.0. The SMILES string of the molecule is N#Cc1[nH]c(=O)n(-c2c[nH]c3ccccc23)c1-c1cn(Cc2cccc(CN)c2)c2ccccc12.O=C(O)C(F)(F)F. The van der Waals surface area contributed by atoms with Gasteiger partial charge in [-0.25, -0.2) is 9.59 Å². The number of hydrogen-bond acceptors (Lipinski definition) is 4. The summed E-state index contributed by atoms with van der Waals surface area (Å²) in [4.78, 5) is 28.1. The smallest absolute Gasteiger partial charge is 0.475 e. The molecule has 0 aliphatic rings. The molecule has 0 bridgehead atoms. The number of para-hydroxylation sites is 2. The van der Waals surface area contributed by atoms with Crippen LogP contribution in [0.15, 0.2) is 90.0 Å². The van der Waals surface area contributed by atoms with Crippen LogP contribution < -0.4 is 11.4 Å². The van der Waals surface area contributed by atoms with Crippen LogP contribution in [-0.2, 0) is 17.9 Å². The Bertz CT molecular complexity index is 2020. The van der Waals surface area contributed by atoms with Crippen molar-refractivity contribution in [3.05, 3.63) is 112 Å². The predicted molar refractivity (Wildman–Crippen MR) is 151 cm³/mol. The molecule has 42 heavy (non-hydrogen) atoms. The minimum absolute atomic E-state index is 0.230. The maximum Gasteiger partial charge on any atom is 0.490 e. The summed E-state index contributed by atoms with van der Waals surface area (Å²) < 4.78 is 35.5. The Morgan fingerprint density at radius 1 is 1.00 bits per heavy atom. The van der Waals surface area contributed by atoms with Gasteiger partial charge in [-0.3, -0.25) is 9.55 Å².